The van der Waals surface area contributed by atoms with Crippen LogP contribution in [0.4, 0.5) is 21.8 Å². The number of anilines is 3. The molecule has 2 amide bonds. The molecule has 1 aromatic heterocycles. The van der Waals surface area contributed by atoms with Crippen LogP contribution in [0.15, 0.2) is 24.4 Å². The Labute approximate surface area is 210 Å². The maximum absolute atomic E-state index is 14.6. The predicted octanol–water partition coefficient (Wildman–Crippen LogP) is 2.98. The van der Waals surface area contributed by atoms with E-state index in [-0.39, 0.29) is 29.6 Å². The molecule has 9 nitrogen and oxygen atoms in total. The molecule has 2 aliphatic heterocycles. The zero-order valence-electron chi connectivity index (χ0n) is 21.1. The molecular formula is C26H33FN6O3. The molecule has 1 spiro atoms. The lowest BCUT2D eigenvalue weighted by Crippen LogP contribution is -2.56. The Morgan fingerprint density at radius 2 is 2.00 bits per heavy atom. The van der Waals surface area contributed by atoms with Crippen molar-refractivity contribution < 1.29 is 18.7 Å². The number of carbonyl (C=O) groups is 2. The van der Waals surface area contributed by atoms with Crippen LogP contribution >= 0.6 is 0 Å². The molecule has 1 aromatic carbocycles. The first-order valence-electron chi connectivity index (χ1n) is 12.6. The molecule has 3 aliphatic rings. The van der Waals surface area contributed by atoms with Crippen molar-refractivity contribution in [1.29, 1.82) is 0 Å². The number of ether oxygens (including phenoxy) is 1. The second kappa shape index (κ2) is 9.65. The number of fused-ring (bicyclic) bond motifs is 1. The Hall–Kier alpha value is -3.27. The molecule has 1 saturated carbocycles. The van der Waals surface area contributed by atoms with Gasteiger partial charge in [0.2, 0.25) is 17.8 Å². The zero-order chi connectivity index (χ0) is 25.4. The van der Waals surface area contributed by atoms with Gasteiger partial charge in [-0.2, -0.15) is 4.98 Å². The fourth-order valence-electron chi connectivity index (χ4n) is 5.48. The number of benzene rings is 1. The van der Waals surface area contributed by atoms with Crippen LogP contribution in [0.5, 0.6) is 5.75 Å². The monoisotopic (exact) mass is 496 g/mol. The van der Waals surface area contributed by atoms with Gasteiger partial charge < -0.3 is 19.9 Å². The first-order chi connectivity index (χ1) is 17.3. The molecule has 3 heterocycles. The summed E-state index contributed by atoms with van der Waals surface area (Å²) in [5.41, 5.74) is 0.214. The topological polar surface area (TPSA) is 90.9 Å². The second-order valence-electron chi connectivity index (χ2n) is 10.3. The lowest BCUT2D eigenvalue weighted by Gasteiger charge is -2.41. The van der Waals surface area contributed by atoms with Crippen LogP contribution < -0.4 is 15.0 Å². The van der Waals surface area contributed by atoms with Crippen molar-refractivity contribution in [3.05, 3.63) is 35.8 Å². The number of amides is 2. The largest absolute Gasteiger partial charge is 0.489 e. The number of likely N-dealkylation sites (tertiary alicyclic amines) is 1. The van der Waals surface area contributed by atoms with Gasteiger partial charge in [0.25, 0.3) is 0 Å². The summed E-state index contributed by atoms with van der Waals surface area (Å²) < 4.78 is 20.1. The summed E-state index contributed by atoms with van der Waals surface area (Å²) in [6, 6.07) is 4.64. The molecule has 1 atom stereocenters. The van der Waals surface area contributed by atoms with Crippen molar-refractivity contribution in [3.8, 4) is 5.75 Å². The summed E-state index contributed by atoms with van der Waals surface area (Å²) in [5, 5.41) is 3.06. The standard InChI is InChI=1S/C26H33FN6O3/c1-31(2)12-13-36-21-9-8-18(14-20(21)27)29-25-28-16-17-15-26(10-11-32(3)23(26)34)24(35)33(22(17)30-25)19-6-4-5-7-19/h8-9,14,16,19H,4-7,10-13,15H2,1-3H3,(H,28,29,30). The van der Waals surface area contributed by atoms with Crippen molar-refractivity contribution >= 4 is 29.3 Å². The van der Waals surface area contributed by atoms with E-state index in [1.807, 2.05) is 19.0 Å². The predicted molar refractivity (Wildman–Crippen MR) is 134 cm³/mol. The van der Waals surface area contributed by atoms with E-state index in [4.69, 9.17) is 9.72 Å². The van der Waals surface area contributed by atoms with E-state index in [1.165, 1.54) is 6.07 Å². The van der Waals surface area contributed by atoms with E-state index in [1.54, 1.807) is 35.2 Å². The fourth-order valence-corrected chi connectivity index (χ4v) is 5.48. The number of halogens is 1. The second-order valence-corrected chi connectivity index (χ2v) is 10.3. The molecule has 2 fully saturated rings. The van der Waals surface area contributed by atoms with E-state index in [9.17, 15) is 14.0 Å². The Bertz CT molecular complexity index is 1170. The third-order valence-electron chi connectivity index (χ3n) is 7.49. The number of nitrogens with one attached hydrogen (secondary N) is 1. The smallest absolute Gasteiger partial charge is 0.244 e. The summed E-state index contributed by atoms with van der Waals surface area (Å²) >= 11 is 0. The minimum atomic E-state index is -1.06. The fraction of sp³-hybridized carbons (Fsp3) is 0.538. The lowest BCUT2D eigenvalue weighted by atomic mass is 9.76. The van der Waals surface area contributed by atoms with Crippen LogP contribution in [-0.4, -0.2) is 78.5 Å². The van der Waals surface area contributed by atoms with E-state index < -0.39 is 11.2 Å². The molecule has 2 aromatic rings. The van der Waals surface area contributed by atoms with Crippen LogP contribution in [-0.2, 0) is 16.0 Å². The quantitative estimate of drug-likeness (QED) is 0.590. The summed E-state index contributed by atoms with van der Waals surface area (Å²) in [4.78, 5) is 41.5. The van der Waals surface area contributed by atoms with Gasteiger partial charge in [0, 0.05) is 56.1 Å². The van der Waals surface area contributed by atoms with Crippen molar-refractivity contribution in [2.45, 2.75) is 44.6 Å². The van der Waals surface area contributed by atoms with Gasteiger partial charge in [0.05, 0.1) is 0 Å². The molecule has 192 valence electrons. The third kappa shape index (κ3) is 4.38. The van der Waals surface area contributed by atoms with Gasteiger partial charge in [0.15, 0.2) is 11.6 Å². The molecule has 1 N–H and O–H groups in total. The highest BCUT2D eigenvalue weighted by molar-refractivity contribution is 6.14. The van der Waals surface area contributed by atoms with Crippen molar-refractivity contribution in [3.63, 3.8) is 0 Å². The number of rotatable bonds is 7. The Balaban J connectivity index is 1.41. The Kier molecular flexibility index (Phi) is 6.55. The highest BCUT2D eigenvalue weighted by Gasteiger charge is 2.57. The van der Waals surface area contributed by atoms with Gasteiger partial charge in [0.1, 0.15) is 17.8 Å². The van der Waals surface area contributed by atoms with Crippen molar-refractivity contribution in [1.82, 2.24) is 19.8 Å². The van der Waals surface area contributed by atoms with Crippen LogP contribution in [0, 0.1) is 11.2 Å². The zero-order valence-corrected chi connectivity index (χ0v) is 21.1. The maximum Gasteiger partial charge on any atom is 0.244 e. The van der Waals surface area contributed by atoms with E-state index in [0.717, 1.165) is 31.2 Å². The number of likely N-dealkylation sites (N-methyl/N-ethyl adjacent to an activating group) is 1. The summed E-state index contributed by atoms with van der Waals surface area (Å²) in [6.45, 7) is 1.64. The molecule has 1 unspecified atom stereocenters. The molecule has 1 aliphatic carbocycles. The average Bonchev–Trinajstić information content (AvgIpc) is 3.47. The number of carbonyl (C=O) groups excluding carboxylic acids is 2. The number of nitrogens with zero attached hydrogens (tertiary/aromatic N) is 5. The van der Waals surface area contributed by atoms with Gasteiger partial charge >= 0.3 is 0 Å². The highest BCUT2D eigenvalue weighted by Crippen LogP contribution is 2.46. The first kappa shape index (κ1) is 24.4. The maximum atomic E-state index is 14.6. The van der Waals surface area contributed by atoms with Crippen LogP contribution in [0.25, 0.3) is 0 Å². The Morgan fingerprint density at radius 3 is 2.67 bits per heavy atom. The van der Waals surface area contributed by atoms with Gasteiger partial charge in [-0.1, -0.05) is 12.8 Å². The summed E-state index contributed by atoms with van der Waals surface area (Å²) in [5.74, 6) is 0.268. The van der Waals surface area contributed by atoms with Crippen LogP contribution in [0.2, 0.25) is 0 Å². The molecule has 10 heteroatoms. The minimum absolute atomic E-state index is 0.0194. The van der Waals surface area contributed by atoms with Crippen LogP contribution in [0.3, 0.4) is 0 Å². The van der Waals surface area contributed by atoms with Gasteiger partial charge in [-0.3, -0.25) is 14.5 Å². The average molecular weight is 497 g/mol. The molecule has 36 heavy (non-hydrogen) atoms. The minimum Gasteiger partial charge on any atom is -0.489 e. The number of aromatic nitrogens is 2. The van der Waals surface area contributed by atoms with E-state index >= 15 is 0 Å². The van der Waals surface area contributed by atoms with Gasteiger partial charge in [-0.15, -0.1) is 0 Å². The lowest BCUT2D eigenvalue weighted by molar-refractivity contribution is -0.144. The number of hydrogen-bond acceptors (Lipinski definition) is 7. The molecule has 0 bridgehead atoms. The SMILES string of the molecule is CN(C)CCOc1ccc(Nc2ncc3c(n2)N(C2CCCC2)C(=O)C2(CCN(C)C2=O)C3)cc1F. The number of hydrogen-bond donors (Lipinski definition) is 1. The Morgan fingerprint density at radius 1 is 1.22 bits per heavy atom. The van der Waals surface area contributed by atoms with Gasteiger partial charge in [-0.05, 0) is 45.5 Å². The normalized spacial score (nSPS) is 22.1. The molecule has 0 radical (unpaired) electrons. The van der Waals surface area contributed by atoms with Crippen LogP contribution in [0.1, 0.15) is 37.7 Å². The molecule has 5 rings (SSSR count). The first-order valence-corrected chi connectivity index (χ1v) is 12.6. The van der Waals surface area contributed by atoms with Gasteiger partial charge in [-0.25, -0.2) is 9.37 Å². The molecular weight excluding hydrogens is 463 g/mol. The summed E-state index contributed by atoms with van der Waals surface area (Å²) in [6.07, 6.45) is 6.37. The van der Waals surface area contributed by atoms with Crippen molar-refractivity contribution in [2.75, 3.05) is 51.1 Å². The highest BCUT2D eigenvalue weighted by atomic mass is 19.1. The third-order valence-corrected chi connectivity index (χ3v) is 7.49. The van der Waals surface area contributed by atoms with E-state index in [2.05, 4.69) is 10.3 Å². The van der Waals surface area contributed by atoms with Crippen molar-refractivity contribution in [2.24, 2.45) is 5.41 Å². The van der Waals surface area contributed by atoms with E-state index in [0.29, 0.717) is 44.0 Å². The molecule has 1 saturated heterocycles. The summed E-state index contributed by atoms with van der Waals surface area (Å²) in [7, 11) is 5.61.